The van der Waals surface area contributed by atoms with Crippen LogP contribution < -0.4 is 5.32 Å². The van der Waals surface area contributed by atoms with Crippen molar-refractivity contribution in [3.8, 4) is 0 Å². The maximum Gasteiger partial charge on any atom is 0.161 e. The van der Waals surface area contributed by atoms with Crippen LogP contribution >= 0.6 is 0 Å². The van der Waals surface area contributed by atoms with E-state index < -0.39 is 0 Å². The van der Waals surface area contributed by atoms with Gasteiger partial charge in [-0.05, 0) is 25.1 Å². The lowest BCUT2D eigenvalue weighted by atomic mass is 10.1. The molecule has 0 bridgehead atoms. The number of benzene rings is 2. The van der Waals surface area contributed by atoms with Crippen LogP contribution in [0.3, 0.4) is 0 Å². The molecule has 2 N–H and O–H groups in total. The standard InChI is InChI=1S/C15H15NO2/c1-11(18)13-7-3-5-9-15(13)16-14-8-4-2-6-12(14)10-17/h2-9,16-17H,10H2,1H3. The fourth-order valence-corrected chi connectivity index (χ4v) is 1.82. The van der Waals surface area contributed by atoms with E-state index in [2.05, 4.69) is 5.32 Å². The van der Waals surface area contributed by atoms with Crippen molar-refractivity contribution in [2.24, 2.45) is 0 Å². The average molecular weight is 241 g/mol. The van der Waals surface area contributed by atoms with Crippen molar-refractivity contribution in [2.75, 3.05) is 5.32 Å². The van der Waals surface area contributed by atoms with Gasteiger partial charge in [-0.25, -0.2) is 0 Å². The summed E-state index contributed by atoms with van der Waals surface area (Å²) in [5, 5.41) is 12.5. The number of carbonyl (C=O) groups excluding carboxylic acids is 1. The number of Topliss-reactive ketones (excluding diaryl/α,β-unsaturated/α-hetero) is 1. The third-order valence-electron chi connectivity index (χ3n) is 2.76. The summed E-state index contributed by atoms with van der Waals surface area (Å²) in [6, 6.07) is 14.8. The largest absolute Gasteiger partial charge is 0.392 e. The average Bonchev–Trinajstić information content (AvgIpc) is 2.40. The Morgan fingerprint density at radius 2 is 1.67 bits per heavy atom. The minimum Gasteiger partial charge on any atom is -0.392 e. The maximum atomic E-state index is 11.5. The molecule has 3 heteroatoms. The number of rotatable bonds is 4. The number of hydrogen-bond acceptors (Lipinski definition) is 3. The number of anilines is 2. The van der Waals surface area contributed by atoms with Crippen molar-refractivity contribution in [3.05, 3.63) is 59.7 Å². The number of aliphatic hydroxyl groups excluding tert-OH is 1. The fraction of sp³-hybridized carbons (Fsp3) is 0.133. The van der Waals surface area contributed by atoms with Gasteiger partial charge < -0.3 is 10.4 Å². The maximum absolute atomic E-state index is 11.5. The first-order valence-corrected chi connectivity index (χ1v) is 5.78. The molecule has 0 saturated heterocycles. The van der Waals surface area contributed by atoms with Gasteiger partial charge in [0.15, 0.2) is 5.78 Å². The van der Waals surface area contributed by atoms with Crippen molar-refractivity contribution in [3.63, 3.8) is 0 Å². The Labute approximate surface area is 106 Å². The summed E-state index contributed by atoms with van der Waals surface area (Å²) in [5.74, 6) is 0.0135. The molecular formula is C15H15NO2. The number of hydrogen-bond donors (Lipinski definition) is 2. The van der Waals surface area contributed by atoms with Gasteiger partial charge in [-0.1, -0.05) is 30.3 Å². The summed E-state index contributed by atoms with van der Waals surface area (Å²) in [6.07, 6.45) is 0. The molecule has 0 spiro atoms. The second-order valence-electron chi connectivity index (χ2n) is 4.04. The van der Waals surface area contributed by atoms with Gasteiger partial charge in [0.25, 0.3) is 0 Å². The van der Waals surface area contributed by atoms with Crippen molar-refractivity contribution < 1.29 is 9.90 Å². The topological polar surface area (TPSA) is 49.3 Å². The SMILES string of the molecule is CC(=O)c1ccccc1Nc1ccccc1CO. The van der Waals surface area contributed by atoms with E-state index in [4.69, 9.17) is 0 Å². The third kappa shape index (κ3) is 2.57. The van der Waals surface area contributed by atoms with Crippen LogP contribution in [0.25, 0.3) is 0 Å². The summed E-state index contributed by atoms with van der Waals surface area (Å²) >= 11 is 0. The van der Waals surface area contributed by atoms with Crippen LogP contribution in [0.5, 0.6) is 0 Å². The molecule has 2 rings (SSSR count). The molecule has 92 valence electrons. The molecule has 18 heavy (non-hydrogen) atoms. The Kier molecular flexibility index (Phi) is 3.75. The second kappa shape index (κ2) is 5.47. The van der Waals surface area contributed by atoms with Crippen LogP contribution in [-0.4, -0.2) is 10.9 Å². The van der Waals surface area contributed by atoms with Gasteiger partial charge in [-0.15, -0.1) is 0 Å². The predicted molar refractivity (Wildman–Crippen MR) is 72.1 cm³/mol. The van der Waals surface area contributed by atoms with Crippen LogP contribution in [0.15, 0.2) is 48.5 Å². The number of ketones is 1. The van der Waals surface area contributed by atoms with Crippen molar-refractivity contribution >= 4 is 17.2 Å². The van der Waals surface area contributed by atoms with Crippen LogP contribution in [0.2, 0.25) is 0 Å². The Balaban J connectivity index is 2.37. The number of para-hydroxylation sites is 2. The third-order valence-corrected chi connectivity index (χ3v) is 2.76. The second-order valence-corrected chi connectivity index (χ2v) is 4.04. The molecule has 0 aliphatic heterocycles. The summed E-state index contributed by atoms with van der Waals surface area (Å²) in [4.78, 5) is 11.5. The lowest BCUT2D eigenvalue weighted by molar-refractivity contribution is 0.101. The summed E-state index contributed by atoms with van der Waals surface area (Å²) in [7, 11) is 0. The van der Waals surface area contributed by atoms with Crippen LogP contribution in [0.1, 0.15) is 22.8 Å². The number of aliphatic hydroxyl groups is 1. The summed E-state index contributed by atoms with van der Waals surface area (Å²) in [5.41, 5.74) is 3.01. The van der Waals surface area contributed by atoms with Crippen LogP contribution in [0.4, 0.5) is 11.4 Å². The van der Waals surface area contributed by atoms with E-state index in [1.165, 1.54) is 0 Å². The van der Waals surface area contributed by atoms with Crippen molar-refractivity contribution in [2.45, 2.75) is 13.5 Å². The van der Waals surface area contributed by atoms with Gasteiger partial charge in [-0.3, -0.25) is 4.79 Å². The first kappa shape index (κ1) is 12.3. The molecule has 0 saturated carbocycles. The molecule has 0 aromatic heterocycles. The van der Waals surface area contributed by atoms with E-state index in [-0.39, 0.29) is 12.4 Å². The Morgan fingerprint density at radius 3 is 2.33 bits per heavy atom. The molecular weight excluding hydrogens is 226 g/mol. The molecule has 0 unspecified atom stereocenters. The van der Waals surface area contributed by atoms with Crippen LogP contribution in [0, 0.1) is 0 Å². The molecule has 0 fully saturated rings. The minimum atomic E-state index is -0.0363. The van der Waals surface area contributed by atoms with E-state index in [1.54, 1.807) is 13.0 Å². The predicted octanol–water partition coefficient (Wildman–Crippen LogP) is 3.13. The van der Waals surface area contributed by atoms with Crippen molar-refractivity contribution in [1.82, 2.24) is 0 Å². The van der Waals surface area contributed by atoms with Gasteiger partial charge in [0.2, 0.25) is 0 Å². The highest BCUT2D eigenvalue weighted by molar-refractivity contribution is 6.00. The highest BCUT2D eigenvalue weighted by atomic mass is 16.3. The minimum absolute atomic E-state index is 0.0135. The van der Waals surface area contributed by atoms with E-state index in [0.717, 1.165) is 16.9 Å². The molecule has 0 amide bonds. The van der Waals surface area contributed by atoms with Gasteiger partial charge >= 0.3 is 0 Å². The lowest BCUT2D eigenvalue weighted by Crippen LogP contribution is -2.02. The Hall–Kier alpha value is -2.13. The monoisotopic (exact) mass is 241 g/mol. The van der Waals surface area contributed by atoms with Gasteiger partial charge in [0, 0.05) is 22.5 Å². The van der Waals surface area contributed by atoms with Gasteiger partial charge in [0.1, 0.15) is 0 Å². The van der Waals surface area contributed by atoms with E-state index >= 15 is 0 Å². The zero-order valence-corrected chi connectivity index (χ0v) is 10.2. The molecule has 0 atom stereocenters. The zero-order chi connectivity index (χ0) is 13.0. The van der Waals surface area contributed by atoms with Crippen molar-refractivity contribution in [1.29, 1.82) is 0 Å². The summed E-state index contributed by atoms with van der Waals surface area (Å²) < 4.78 is 0. The Bertz CT molecular complexity index is 564. The molecule has 0 heterocycles. The van der Waals surface area contributed by atoms with E-state index in [0.29, 0.717) is 5.56 Å². The van der Waals surface area contributed by atoms with Gasteiger partial charge in [-0.2, -0.15) is 0 Å². The first-order valence-electron chi connectivity index (χ1n) is 5.78. The molecule has 0 aliphatic carbocycles. The summed E-state index contributed by atoms with van der Waals surface area (Å²) in [6.45, 7) is 1.50. The molecule has 2 aromatic carbocycles. The number of nitrogens with one attached hydrogen (secondary N) is 1. The molecule has 0 radical (unpaired) electrons. The van der Waals surface area contributed by atoms with Gasteiger partial charge in [0.05, 0.1) is 6.61 Å². The molecule has 2 aromatic rings. The molecule has 3 nitrogen and oxygen atoms in total. The smallest absolute Gasteiger partial charge is 0.161 e. The highest BCUT2D eigenvalue weighted by Gasteiger charge is 2.07. The van der Waals surface area contributed by atoms with E-state index in [9.17, 15) is 9.90 Å². The lowest BCUT2D eigenvalue weighted by Gasteiger charge is -2.12. The number of carbonyl (C=O) groups is 1. The van der Waals surface area contributed by atoms with E-state index in [1.807, 2.05) is 42.5 Å². The van der Waals surface area contributed by atoms with Crippen LogP contribution in [-0.2, 0) is 6.61 Å². The quantitative estimate of drug-likeness (QED) is 0.808. The Morgan fingerprint density at radius 1 is 1.06 bits per heavy atom. The normalized spacial score (nSPS) is 10.1. The highest BCUT2D eigenvalue weighted by Crippen LogP contribution is 2.24. The first-order chi connectivity index (χ1) is 8.72. The fourth-order valence-electron chi connectivity index (χ4n) is 1.82. The molecule has 0 aliphatic rings. The zero-order valence-electron chi connectivity index (χ0n) is 10.2.